The van der Waals surface area contributed by atoms with Crippen molar-refractivity contribution in [1.29, 1.82) is 0 Å². The monoisotopic (exact) mass is 386 g/mol. The van der Waals surface area contributed by atoms with E-state index in [1.54, 1.807) is 18.0 Å². The van der Waals surface area contributed by atoms with Crippen molar-refractivity contribution in [1.82, 2.24) is 19.9 Å². The summed E-state index contributed by atoms with van der Waals surface area (Å²) >= 11 is 7.65. The van der Waals surface area contributed by atoms with Crippen LogP contribution in [0.1, 0.15) is 12.6 Å². The van der Waals surface area contributed by atoms with Crippen LogP contribution in [0, 0.1) is 0 Å². The third-order valence-corrected chi connectivity index (χ3v) is 5.02. The van der Waals surface area contributed by atoms with E-state index >= 15 is 0 Å². The van der Waals surface area contributed by atoms with Crippen LogP contribution >= 0.6 is 23.4 Å². The molecule has 8 heteroatoms. The first kappa shape index (κ1) is 16.9. The fraction of sp³-hybridized carbons (Fsp3) is 0.167. The molecule has 3 heterocycles. The lowest BCUT2D eigenvalue weighted by molar-refractivity contribution is 0.413. The molecule has 0 N–H and O–H groups in total. The maximum Gasteiger partial charge on any atom is 0.202 e. The molecule has 0 fully saturated rings. The summed E-state index contributed by atoms with van der Waals surface area (Å²) in [5.41, 5.74) is 1.76. The molecule has 3 aromatic heterocycles. The van der Waals surface area contributed by atoms with E-state index in [1.165, 1.54) is 0 Å². The lowest BCUT2D eigenvalue weighted by atomic mass is 10.2. The highest BCUT2D eigenvalue weighted by molar-refractivity contribution is 7.98. The van der Waals surface area contributed by atoms with Gasteiger partial charge in [-0.1, -0.05) is 40.7 Å². The van der Waals surface area contributed by atoms with Gasteiger partial charge in [0.05, 0.1) is 12.0 Å². The van der Waals surface area contributed by atoms with Crippen LogP contribution in [0.4, 0.5) is 0 Å². The fourth-order valence-electron chi connectivity index (χ4n) is 2.57. The quantitative estimate of drug-likeness (QED) is 0.426. The second kappa shape index (κ2) is 7.39. The molecule has 4 rings (SSSR count). The number of rotatable bonds is 6. The first-order valence-corrected chi connectivity index (χ1v) is 9.42. The average Bonchev–Trinajstić information content (AvgIpc) is 3.38. The summed E-state index contributed by atoms with van der Waals surface area (Å²) in [6.45, 7) is 2.82. The lowest BCUT2D eigenvalue weighted by Crippen LogP contribution is -1.99. The van der Waals surface area contributed by atoms with Gasteiger partial charge in [0, 0.05) is 29.0 Å². The van der Waals surface area contributed by atoms with Gasteiger partial charge in [0.2, 0.25) is 5.76 Å². The molecular formula is C18H15ClN4O2S. The van der Waals surface area contributed by atoms with Crippen LogP contribution in [0.2, 0.25) is 5.02 Å². The maximum absolute atomic E-state index is 6.09. The molecule has 0 bridgehead atoms. The Morgan fingerprint density at radius 3 is 2.81 bits per heavy atom. The number of furan rings is 1. The fourth-order valence-corrected chi connectivity index (χ4v) is 3.65. The molecule has 6 nitrogen and oxygen atoms in total. The summed E-state index contributed by atoms with van der Waals surface area (Å²) < 4.78 is 12.7. The van der Waals surface area contributed by atoms with Gasteiger partial charge in [-0.15, -0.1) is 10.2 Å². The predicted molar refractivity (Wildman–Crippen MR) is 99.9 cm³/mol. The number of hydrogen-bond donors (Lipinski definition) is 0. The molecular weight excluding hydrogens is 372 g/mol. The van der Waals surface area contributed by atoms with E-state index < -0.39 is 0 Å². The van der Waals surface area contributed by atoms with Gasteiger partial charge in [-0.2, -0.15) is 0 Å². The Kier molecular flexibility index (Phi) is 4.81. The SMILES string of the molecule is CCn1c(SCc2cc(-c3ccco3)on2)nnc1-c1cccc(Cl)c1. The van der Waals surface area contributed by atoms with Crippen LogP contribution < -0.4 is 0 Å². The molecule has 132 valence electrons. The van der Waals surface area contributed by atoms with E-state index in [0.717, 1.165) is 28.8 Å². The van der Waals surface area contributed by atoms with E-state index in [9.17, 15) is 0 Å². The third-order valence-electron chi connectivity index (χ3n) is 3.79. The Morgan fingerprint density at radius 2 is 2.04 bits per heavy atom. The van der Waals surface area contributed by atoms with Crippen molar-refractivity contribution in [2.45, 2.75) is 24.4 Å². The third kappa shape index (κ3) is 3.40. The Balaban J connectivity index is 1.52. The molecule has 0 spiro atoms. The summed E-state index contributed by atoms with van der Waals surface area (Å²) in [6.07, 6.45) is 1.60. The zero-order valence-corrected chi connectivity index (χ0v) is 15.5. The highest BCUT2D eigenvalue weighted by atomic mass is 35.5. The second-order valence-electron chi connectivity index (χ2n) is 5.51. The molecule has 0 radical (unpaired) electrons. The molecule has 0 atom stereocenters. The van der Waals surface area contributed by atoms with Crippen LogP contribution in [-0.2, 0) is 12.3 Å². The first-order valence-electron chi connectivity index (χ1n) is 8.06. The highest BCUT2D eigenvalue weighted by Crippen LogP contribution is 2.28. The van der Waals surface area contributed by atoms with Crippen molar-refractivity contribution in [2.24, 2.45) is 0 Å². The van der Waals surface area contributed by atoms with Gasteiger partial charge < -0.3 is 13.5 Å². The topological polar surface area (TPSA) is 69.9 Å². The molecule has 26 heavy (non-hydrogen) atoms. The van der Waals surface area contributed by atoms with Gasteiger partial charge in [0.25, 0.3) is 0 Å². The number of nitrogens with zero attached hydrogens (tertiary/aromatic N) is 4. The molecule has 0 aliphatic heterocycles. The van der Waals surface area contributed by atoms with Gasteiger partial charge in [-0.25, -0.2) is 0 Å². The van der Waals surface area contributed by atoms with Crippen LogP contribution in [0.5, 0.6) is 0 Å². The Labute approximate surface area is 159 Å². The van der Waals surface area contributed by atoms with E-state index in [1.807, 2.05) is 42.5 Å². The minimum Gasteiger partial charge on any atom is -0.461 e. The van der Waals surface area contributed by atoms with E-state index in [-0.39, 0.29) is 0 Å². The van der Waals surface area contributed by atoms with Crippen LogP contribution in [0.3, 0.4) is 0 Å². The number of thioether (sulfide) groups is 1. The molecule has 4 aromatic rings. The van der Waals surface area contributed by atoms with Gasteiger partial charge in [-0.05, 0) is 31.2 Å². The number of aromatic nitrogens is 4. The summed E-state index contributed by atoms with van der Waals surface area (Å²) in [6, 6.07) is 13.1. The molecule has 0 amide bonds. The normalized spacial score (nSPS) is 11.2. The Hall–Kier alpha value is -2.51. The molecule has 0 aliphatic carbocycles. The van der Waals surface area contributed by atoms with Crippen LogP contribution in [0.15, 0.2) is 62.8 Å². The summed E-state index contributed by atoms with van der Waals surface area (Å²) in [5.74, 6) is 2.70. The Bertz CT molecular complexity index is 1010. The van der Waals surface area contributed by atoms with Crippen LogP contribution in [0.25, 0.3) is 22.9 Å². The summed E-state index contributed by atoms with van der Waals surface area (Å²) in [7, 11) is 0. The minimum absolute atomic E-state index is 0.613. The van der Waals surface area contributed by atoms with Crippen LogP contribution in [-0.4, -0.2) is 19.9 Å². The first-order chi connectivity index (χ1) is 12.7. The van der Waals surface area contributed by atoms with Crippen molar-refractivity contribution in [3.8, 4) is 22.9 Å². The summed E-state index contributed by atoms with van der Waals surface area (Å²) in [5, 5.41) is 14.2. The number of halogens is 1. The molecule has 0 saturated heterocycles. The van der Waals surface area contributed by atoms with Gasteiger partial charge in [0.1, 0.15) is 0 Å². The highest BCUT2D eigenvalue weighted by Gasteiger charge is 2.15. The van der Waals surface area contributed by atoms with Gasteiger partial charge in [-0.3, -0.25) is 0 Å². The second-order valence-corrected chi connectivity index (χ2v) is 6.89. The summed E-state index contributed by atoms with van der Waals surface area (Å²) in [4.78, 5) is 0. The van der Waals surface area contributed by atoms with Crippen molar-refractivity contribution in [3.63, 3.8) is 0 Å². The van der Waals surface area contributed by atoms with E-state index in [0.29, 0.717) is 22.3 Å². The largest absolute Gasteiger partial charge is 0.461 e. The average molecular weight is 387 g/mol. The molecule has 0 aliphatic rings. The standard InChI is InChI=1S/C18H15ClN4O2S/c1-2-23-17(12-5-3-6-13(19)9-12)20-21-18(23)26-11-14-10-16(25-22-14)15-7-4-8-24-15/h3-10H,2,11H2,1H3. The lowest BCUT2D eigenvalue weighted by Gasteiger charge is -2.07. The zero-order chi connectivity index (χ0) is 17.9. The minimum atomic E-state index is 0.613. The predicted octanol–water partition coefficient (Wildman–Crippen LogP) is 5.16. The van der Waals surface area contributed by atoms with Gasteiger partial charge >= 0.3 is 0 Å². The molecule has 0 saturated carbocycles. The van der Waals surface area contributed by atoms with Crippen molar-refractivity contribution >= 4 is 23.4 Å². The zero-order valence-electron chi connectivity index (χ0n) is 13.9. The Morgan fingerprint density at radius 1 is 1.12 bits per heavy atom. The maximum atomic E-state index is 6.09. The van der Waals surface area contributed by atoms with E-state index in [4.69, 9.17) is 20.5 Å². The number of hydrogen-bond acceptors (Lipinski definition) is 6. The molecule has 0 unspecified atom stereocenters. The molecule has 1 aromatic carbocycles. The van der Waals surface area contributed by atoms with Crippen molar-refractivity contribution in [2.75, 3.05) is 0 Å². The van der Waals surface area contributed by atoms with E-state index in [2.05, 4.69) is 26.8 Å². The number of benzene rings is 1. The van der Waals surface area contributed by atoms with Crippen molar-refractivity contribution in [3.05, 3.63) is 59.4 Å². The van der Waals surface area contributed by atoms with Gasteiger partial charge in [0.15, 0.2) is 16.7 Å². The smallest absolute Gasteiger partial charge is 0.202 e. The van der Waals surface area contributed by atoms with Crippen molar-refractivity contribution < 1.29 is 8.94 Å².